The van der Waals surface area contributed by atoms with E-state index in [0.29, 0.717) is 0 Å². The van der Waals surface area contributed by atoms with Gasteiger partial charge in [0, 0.05) is 42.1 Å². The third-order valence-electron chi connectivity index (χ3n) is 14.7. The van der Waals surface area contributed by atoms with Gasteiger partial charge in [0.25, 0.3) is 0 Å². The Kier molecular flexibility index (Phi) is 8.56. The van der Waals surface area contributed by atoms with Crippen LogP contribution in [0.2, 0.25) is 0 Å². The third-order valence-corrected chi connectivity index (χ3v) is 15.8. The van der Waals surface area contributed by atoms with E-state index in [2.05, 4.69) is 247 Å². The highest BCUT2D eigenvalue weighted by molar-refractivity contribution is 7.25. The second-order valence-electron chi connectivity index (χ2n) is 18.7. The summed E-state index contributed by atoms with van der Waals surface area (Å²) in [4.78, 5) is 5.48. The molecule has 0 bridgehead atoms. The van der Waals surface area contributed by atoms with Gasteiger partial charge < -0.3 is 4.57 Å². The van der Waals surface area contributed by atoms with E-state index in [4.69, 9.17) is 4.98 Å². The number of pyridine rings is 1. The number of fused-ring (bicyclic) bond motifs is 14. The van der Waals surface area contributed by atoms with Gasteiger partial charge in [-0.2, -0.15) is 0 Å². The van der Waals surface area contributed by atoms with E-state index in [9.17, 15) is 0 Å². The van der Waals surface area contributed by atoms with E-state index in [1.54, 1.807) is 0 Å². The molecule has 0 aliphatic carbocycles. The van der Waals surface area contributed by atoms with Gasteiger partial charge in [0.05, 0.1) is 28.1 Å². The number of aromatic nitrogens is 2. The highest BCUT2D eigenvalue weighted by atomic mass is 32.1. The summed E-state index contributed by atoms with van der Waals surface area (Å²) in [6.07, 6.45) is 0. The number of hydrogen-bond acceptors (Lipinski definition) is 2. The van der Waals surface area contributed by atoms with Gasteiger partial charge in [-0.15, -0.1) is 11.3 Å². The van der Waals surface area contributed by atoms with Crippen molar-refractivity contribution in [3.8, 4) is 50.5 Å². The van der Waals surface area contributed by atoms with Crippen LogP contribution in [0.1, 0.15) is 0 Å². The van der Waals surface area contributed by atoms with E-state index in [1.807, 2.05) is 11.3 Å². The first-order chi connectivity index (χ1) is 34.6. The molecule has 0 spiro atoms. The van der Waals surface area contributed by atoms with Crippen molar-refractivity contribution in [2.75, 3.05) is 0 Å². The first-order valence-corrected chi connectivity index (χ1v) is 24.8. The van der Waals surface area contributed by atoms with Crippen LogP contribution in [-0.2, 0) is 0 Å². The molecule has 3 aromatic heterocycles. The number of rotatable bonds is 5. The highest BCUT2D eigenvalue weighted by Crippen LogP contribution is 2.44. The molecule has 2 nitrogen and oxygen atoms in total. The smallest absolute Gasteiger partial charge is 0.0730 e. The van der Waals surface area contributed by atoms with Crippen molar-refractivity contribution in [1.29, 1.82) is 0 Å². The summed E-state index contributed by atoms with van der Waals surface area (Å²) < 4.78 is 5.13. The molecule has 0 fully saturated rings. The Hall–Kier alpha value is -8.89. The van der Waals surface area contributed by atoms with E-state index in [1.165, 1.54) is 107 Å². The molecule has 3 heterocycles. The van der Waals surface area contributed by atoms with E-state index in [-0.39, 0.29) is 0 Å². The molecule has 0 atom stereocenters. The second-order valence-corrected chi connectivity index (χ2v) is 19.8. The molecule has 15 aromatic rings. The molecule has 0 amide bonds. The van der Waals surface area contributed by atoms with Crippen molar-refractivity contribution in [1.82, 2.24) is 9.55 Å². The van der Waals surface area contributed by atoms with Crippen molar-refractivity contribution in [2.45, 2.75) is 0 Å². The van der Waals surface area contributed by atoms with Gasteiger partial charge in [0.1, 0.15) is 0 Å². The number of benzene rings is 12. The predicted molar refractivity (Wildman–Crippen MR) is 301 cm³/mol. The maximum atomic E-state index is 5.48. The van der Waals surface area contributed by atoms with Crippen molar-refractivity contribution < 1.29 is 0 Å². The van der Waals surface area contributed by atoms with Gasteiger partial charge in [-0.25, -0.2) is 4.98 Å². The molecule has 0 radical (unpaired) electrons. The van der Waals surface area contributed by atoms with Crippen LogP contribution >= 0.6 is 11.3 Å². The fourth-order valence-corrected chi connectivity index (χ4v) is 12.4. The van der Waals surface area contributed by atoms with Crippen molar-refractivity contribution in [2.24, 2.45) is 0 Å². The van der Waals surface area contributed by atoms with Crippen LogP contribution in [0.15, 0.2) is 243 Å². The Morgan fingerprint density at radius 2 is 0.743 bits per heavy atom. The standard InChI is InChI=1S/C67H40N2S/c1-2-12-41(13-3-1)46-28-31-64-60(35-46)61-39-58-53-19-9-8-18-52(53)57-34-47(48-27-30-56-55-20-10-11-21-66(55)70-67(56)36-48)26-29-54(57)59(58)40-65(61)69(64)51-37-62(49-24-22-42-14-4-6-16-44(42)32-49)68-63(38-51)50-25-23-43-15-5-7-17-45(43)33-50/h1-40H. The Morgan fingerprint density at radius 1 is 0.257 bits per heavy atom. The number of hydrogen-bond donors (Lipinski definition) is 0. The molecule has 0 unspecified atom stereocenters. The second kappa shape index (κ2) is 15.3. The van der Waals surface area contributed by atoms with Crippen molar-refractivity contribution in [3.05, 3.63) is 243 Å². The topological polar surface area (TPSA) is 17.8 Å². The molecule has 15 rings (SSSR count). The zero-order valence-electron chi connectivity index (χ0n) is 37.9. The average molecular weight is 905 g/mol. The zero-order chi connectivity index (χ0) is 45.9. The Balaban J connectivity index is 1.01. The fourth-order valence-electron chi connectivity index (χ4n) is 11.3. The van der Waals surface area contributed by atoms with Crippen LogP contribution < -0.4 is 0 Å². The predicted octanol–water partition coefficient (Wildman–Crippen LogP) is 19.0. The van der Waals surface area contributed by atoms with Gasteiger partial charge in [0.2, 0.25) is 0 Å². The lowest BCUT2D eigenvalue weighted by Gasteiger charge is -2.15. The van der Waals surface area contributed by atoms with Crippen LogP contribution in [-0.4, -0.2) is 9.55 Å². The van der Waals surface area contributed by atoms with Crippen LogP contribution in [0.25, 0.3) is 146 Å². The lowest BCUT2D eigenvalue weighted by molar-refractivity contribution is 1.16. The lowest BCUT2D eigenvalue weighted by atomic mass is 9.91. The molecule has 0 saturated heterocycles. The molecule has 324 valence electrons. The minimum atomic E-state index is 0.931. The normalized spacial score (nSPS) is 12.0. The van der Waals surface area contributed by atoms with Crippen LogP contribution in [0.3, 0.4) is 0 Å². The summed E-state index contributed by atoms with van der Waals surface area (Å²) >= 11 is 1.87. The third kappa shape index (κ3) is 6.15. The van der Waals surface area contributed by atoms with Gasteiger partial charge >= 0.3 is 0 Å². The van der Waals surface area contributed by atoms with Crippen LogP contribution in [0.5, 0.6) is 0 Å². The minimum absolute atomic E-state index is 0.931. The zero-order valence-corrected chi connectivity index (χ0v) is 38.7. The first kappa shape index (κ1) is 39.1. The summed E-state index contributed by atoms with van der Waals surface area (Å²) in [6, 6.07) is 89.7. The molecule has 3 heteroatoms. The lowest BCUT2D eigenvalue weighted by Crippen LogP contribution is -1.98. The quantitative estimate of drug-likeness (QED) is 0.157. The summed E-state index contributed by atoms with van der Waals surface area (Å²) in [5.74, 6) is 0. The Bertz CT molecular complexity index is 4560. The van der Waals surface area contributed by atoms with Crippen molar-refractivity contribution in [3.63, 3.8) is 0 Å². The van der Waals surface area contributed by atoms with Gasteiger partial charge in [-0.05, 0) is 143 Å². The molecular formula is C67H40N2S. The minimum Gasteiger partial charge on any atom is -0.309 e. The fraction of sp³-hybridized carbons (Fsp3) is 0. The van der Waals surface area contributed by atoms with E-state index >= 15 is 0 Å². The SMILES string of the molecule is c1ccc(-c2ccc3c(c2)c2cc4c5ccccc5c5cc(-c6ccc7c(c6)sc6ccccc67)ccc5c4cc2n3-c2cc(-c3ccc4ccccc4c3)nc(-c3ccc4ccccc4c3)c2)cc1. The maximum absolute atomic E-state index is 5.48. The molecule has 0 aliphatic rings. The monoisotopic (exact) mass is 904 g/mol. The molecule has 0 saturated carbocycles. The Morgan fingerprint density at radius 3 is 1.46 bits per heavy atom. The Labute approximate surface area is 407 Å². The van der Waals surface area contributed by atoms with E-state index < -0.39 is 0 Å². The van der Waals surface area contributed by atoms with Crippen molar-refractivity contribution >= 4 is 107 Å². The van der Waals surface area contributed by atoms with Gasteiger partial charge in [0.15, 0.2) is 0 Å². The van der Waals surface area contributed by atoms with Gasteiger partial charge in [-0.1, -0.05) is 176 Å². The molecule has 0 aliphatic heterocycles. The summed E-state index contributed by atoms with van der Waals surface area (Å²) in [6.45, 7) is 0. The average Bonchev–Trinajstić information content (AvgIpc) is 3.97. The molecule has 70 heavy (non-hydrogen) atoms. The summed E-state index contributed by atoms with van der Waals surface area (Å²) in [7, 11) is 0. The molecule has 0 N–H and O–H groups in total. The first-order valence-electron chi connectivity index (χ1n) is 24.0. The van der Waals surface area contributed by atoms with Crippen LogP contribution in [0.4, 0.5) is 0 Å². The molecular weight excluding hydrogens is 865 g/mol. The largest absolute Gasteiger partial charge is 0.309 e. The van der Waals surface area contributed by atoms with E-state index in [0.717, 1.165) is 39.2 Å². The summed E-state index contributed by atoms with van der Waals surface area (Å²) in [5.41, 5.74) is 12.3. The van der Waals surface area contributed by atoms with Gasteiger partial charge in [-0.3, -0.25) is 0 Å². The van der Waals surface area contributed by atoms with Crippen LogP contribution in [0, 0.1) is 0 Å². The number of nitrogens with zero attached hydrogens (tertiary/aromatic N) is 2. The summed E-state index contributed by atoms with van der Waals surface area (Å²) in [5, 5.41) is 17.4. The highest BCUT2D eigenvalue weighted by Gasteiger charge is 2.20. The maximum Gasteiger partial charge on any atom is 0.0730 e. The number of thiophene rings is 1. The molecule has 12 aromatic carbocycles.